The molecule has 0 unspecified atom stereocenters. The second kappa shape index (κ2) is 10.7. The van der Waals surface area contributed by atoms with Gasteiger partial charge in [0.25, 0.3) is 0 Å². The van der Waals surface area contributed by atoms with Gasteiger partial charge in [0.1, 0.15) is 24.7 Å². The van der Waals surface area contributed by atoms with Gasteiger partial charge in [0.2, 0.25) is 11.8 Å². The average Bonchev–Trinajstić information content (AvgIpc) is 3.45. The molecule has 0 spiro atoms. The summed E-state index contributed by atoms with van der Waals surface area (Å²) < 4.78 is 3.92. The van der Waals surface area contributed by atoms with Crippen molar-refractivity contribution in [3.05, 3.63) is 90.0 Å². The molecule has 2 amide bonds. The van der Waals surface area contributed by atoms with Gasteiger partial charge in [0.05, 0.1) is 22.1 Å². The van der Waals surface area contributed by atoms with Crippen LogP contribution in [0.15, 0.2) is 72.8 Å². The van der Waals surface area contributed by atoms with Crippen LogP contribution in [0.2, 0.25) is 0 Å². The summed E-state index contributed by atoms with van der Waals surface area (Å²) in [5, 5.41) is 5.98. The SMILES string of the molecule is CCc1nc2ccccc2n1CC(=O)NCc1cccc(NC(=O)Cn2c(CC)nc3ccccc32)c1. The minimum atomic E-state index is -0.127. The first kappa shape index (κ1) is 24.2. The van der Waals surface area contributed by atoms with Gasteiger partial charge in [-0.05, 0) is 42.0 Å². The Morgan fingerprint density at radius 1 is 0.730 bits per heavy atom. The van der Waals surface area contributed by atoms with Crippen LogP contribution in [0.4, 0.5) is 5.69 Å². The highest BCUT2D eigenvalue weighted by Crippen LogP contribution is 2.18. The number of benzene rings is 3. The summed E-state index contributed by atoms with van der Waals surface area (Å²) in [6.07, 6.45) is 1.49. The van der Waals surface area contributed by atoms with E-state index in [1.165, 1.54) is 0 Å². The van der Waals surface area contributed by atoms with Gasteiger partial charge in [0, 0.05) is 25.1 Å². The van der Waals surface area contributed by atoms with Crippen LogP contribution in [0.1, 0.15) is 31.1 Å². The highest BCUT2D eigenvalue weighted by molar-refractivity contribution is 5.92. The van der Waals surface area contributed by atoms with E-state index >= 15 is 0 Å². The lowest BCUT2D eigenvalue weighted by atomic mass is 10.2. The molecule has 188 valence electrons. The molecule has 2 N–H and O–H groups in total. The number of amides is 2. The summed E-state index contributed by atoms with van der Waals surface area (Å²) in [6, 6.07) is 23.2. The number of hydrogen-bond acceptors (Lipinski definition) is 4. The zero-order chi connectivity index (χ0) is 25.8. The first-order chi connectivity index (χ1) is 18.1. The van der Waals surface area contributed by atoms with Crippen molar-refractivity contribution in [2.45, 2.75) is 46.3 Å². The van der Waals surface area contributed by atoms with Gasteiger partial charge >= 0.3 is 0 Å². The Hall–Kier alpha value is -4.46. The van der Waals surface area contributed by atoms with Crippen LogP contribution in [0.5, 0.6) is 0 Å². The van der Waals surface area contributed by atoms with Crippen molar-refractivity contribution in [2.75, 3.05) is 5.32 Å². The van der Waals surface area contributed by atoms with Crippen molar-refractivity contribution < 1.29 is 9.59 Å². The lowest BCUT2D eigenvalue weighted by Gasteiger charge is -2.12. The van der Waals surface area contributed by atoms with E-state index in [1.54, 1.807) is 0 Å². The molecule has 0 saturated heterocycles. The molecule has 0 aliphatic heterocycles. The number of nitrogens with one attached hydrogen (secondary N) is 2. The monoisotopic (exact) mass is 494 g/mol. The Morgan fingerprint density at radius 2 is 1.30 bits per heavy atom. The summed E-state index contributed by atoms with van der Waals surface area (Å²) in [7, 11) is 0. The molecule has 0 bridgehead atoms. The van der Waals surface area contributed by atoms with E-state index in [0.717, 1.165) is 52.1 Å². The molecule has 5 rings (SSSR count). The summed E-state index contributed by atoms with van der Waals surface area (Å²) in [4.78, 5) is 34.9. The summed E-state index contributed by atoms with van der Waals surface area (Å²) in [5.74, 6) is 1.55. The van der Waals surface area contributed by atoms with Crippen LogP contribution in [-0.2, 0) is 42.1 Å². The second-order valence-corrected chi connectivity index (χ2v) is 8.94. The van der Waals surface area contributed by atoms with Crippen molar-refractivity contribution in [1.29, 1.82) is 0 Å². The summed E-state index contributed by atoms with van der Waals surface area (Å²) >= 11 is 0. The second-order valence-electron chi connectivity index (χ2n) is 8.94. The number of nitrogens with zero attached hydrogens (tertiary/aromatic N) is 4. The molecule has 0 saturated carbocycles. The minimum absolute atomic E-state index is 0.0913. The molecule has 0 radical (unpaired) electrons. The highest BCUT2D eigenvalue weighted by Gasteiger charge is 2.14. The number of rotatable bonds is 9. The van der Waals surface area contributed by atoms with E-state index in [-0.39, 0.29) is 24.9 Å². The molecular weight excluding hydrogens is 464 g/mol. The zero-order valence-electron chi connectivity index (χ0n) is 21.1. The Bertz CT molecular complexity index is 1580. The molecule has 5 aromatic rings. The van der Waals surface area contributed by atoms with Gasteiger partial charge < -0.3 is 19.8 Å². The topological polar surface area (TPSA) is 93.8 Å². The number of fused-ring (bicyclic) bond motifs is 2. The number of imidazole rings is 2. The van der Waals surface area contributed by atoms with Crippen LogP contribution in [0.25, 0.3) is 22.1 Å². The van der Waals surface area contributed by atoms with Gasteiger partial charge in [-0.25, -0.2) is 9.97 Å². The van der Waals surface area contributed by atoms with Gasteiger partial charge in [-0.3, -0.25) is 9.59 Å². The maximum atomic E-state index is 12.9. The van der Waals surface area contributed by atoms with Crippen LogP contribution < -0.4 is 10.6 Å². The maximum absolute atomic E-state index is 12.9. The molecule has 8 nitrogen and oxygen atoms in total. The predicted molar refractivity (Wildman–Crippen MR) is 145 cm³/mol. The first-order valence-corrected chi connectivity index (χ1v) is 12.6. The fourth-order valence-corrected chi connectivity index (χ4v) is 4.65. The zero-order valence-corrected chi connectivity index (χ0v) is 21.1. The fraction of sp³-hybridized carbons (Fsp3) is 0.241. The standard InChI is InChI=1S/C29H30N6O2/c1-3-26-32-22-12-5-7-14-24(22)34(26)18-28(36)30-17-20-10-9-11-21(16-20)31-29(37)19-35-25-15-8-6-13-23(25)33-27(35)4-2/h5-16H,3-4,17-19H2,1-2H3,(H,30,36)(H,31,37). The predicted octanol–water partition coefficient (Wildman–Crippen LogP) is 4.47. The summed E-state index contributed by atoms with van der Waals surface area (Å²) in [5.41, 5.74) is 5.27. The number of anilines is 1. The van der Waals surface area contributed by atoms with Gasteiger partial charge in [0.15, 0.2) is 0 Å². The van der Waals surface area contributed by atoms with Crippen molar-refractivity contribution >= 4 is 39.6 Å². The number of aromatic nitrogens is 4. The molecule has 3 aromatic carbocycles. The van der Waals surface area contributed by atoms with Crippen LogP contribution in [0.3, 0.4) is 0 Å². The van der Waals surface area contributed by atoms with E-state index < -0.39 is 0 Å². The quantitative estimate of drug-likeness (QED) is 0.316. The van der Waals surface area contributed by atoms with Crippen LogP contribution >= 0.6 is 0 Å². The van der Waals surface area contributed by atoms with Gasteiger partial charge in [-0.15, -0.1) is 0 Å². The first-order valence-electron chi connectivity index (χ1n) is 12.6. The Labute approximate surface area is 215 Å². The molecule has 0 fully saturated rings. The Balaban J connectivity index is 1.22. The molecule has 2 heterocycles. The molecule has 0 atom stereocenters. The molecular formula is C29H30N6O2. The maximum Gasteiger partial charge on any atom is 0.244 e. The van der Waals surface area contributed by atoms with E-state index in [0.29, 0.717) is 12.2 Å². The van der Waals surface area contributed by atoms with E-state index in [9.17, 15) is 9.59 Å². The average molecular weight is 495 g/mol. The number of para-hydroxylation sites is 4. The Morgan fingerprint density at radius 3 is 1.89 bits per heavy atom. The van der Waals surface area contributed by atoms with E-state index in [4.69, 9.17) is 0 Å². The van der Waals surface area contributed by atoms with Gasteiger partial charge in [-0.1, -0.05) is 50.2 Å². The number of carbonyl (C=O) groups excluding carboxylic acids is 2. The normalized spacial score (nSPS) is 11.2. The number of carbonyl (C=O) groups is 2. The largest absolute Gasteiger partial charge is 0.350 e. The third-order valence-corrected chi connectivity index (χ3v) is 6.40. The van der Waals surface area contributed by atoms with E-state index in [2.05, 4.69) is 20.6 Å². The molecule has 8 heteroatoms. The lowest BCUT2D eigenvalue weighted by molar-refractivity contribution is -0.121. The molecule has 37 heavy (non-hydrogen) atoms. The van der Waals surface area contributed by atoms with Crippen LogP contribution in [0, 0.1) is 0 Å². The molecule has 2 aromatic heterocycles. The van der Waals surface area contributed by atoms with Crippen molar-refractivity contribution in [3.8, 4) is 0 Å². The fourth-order valence-electron chi connectivity index (χ4n) is 4.65. The number of hydrogen-bond donors (Lipinski definition) is 2. The van der Waals surface area contributed by atoms with Crippen LogP contribution in [-0.4, -0.2) is 30.9 Å². The van der Waals surface area contributed by atoms with Crippen molar-refractivity contribution in [2.24, 2.45) is 0 Å². The minimum Gasteiger partial charge on any atom is -0.350 e. The van der Waals surface area contributed by atoms with E-state index in [1.807, 2.05) is 95.8 Å². The lowest BCUT2D eigenvalue weighted by Crippen LogP contribution is -2.27. The highest BCUT2D eigenvalue weighted by atomic mass is 16.2. The summed E-state index contributed by atoms with van der Waals surface area (Å²) in [6.45, 7) is 4.82. The van der Waals surface area contributed by atoms with Gasteiger partial charge in [-0.2, -0.15) is 0 Å². The Kier molecular flexibility index (Phi) is 6.98. The van der Waals surface area contributed by atoms with Crippen molar-refractivity contribution in [1.82, 2.24) is 24.4 Å². The number of aryl methyl sites for hydroxylation is 2. The van der Waals surface area contributed by atoms with Crippen molar-refractivity contribution in [3.63, 3.8) is 0 Å². The molecule has 0 aliphatic carbocycles. The smallest absolute Gasteiger partial charge is 0.244 e. The third-order valence-electron chi connectivity index (χ3n) is 6.40. The third kappa shape index (κ3) is 5.23. The molecule has 0 aliphatic rings.